The van der Waals surface area contributed by atoms with Gasteiger partial charge in [0.1, 0.15) is 5.76 Å². The molecule has 4 heteroatoms. The lowest BCUT2D eigenvalue weighted by atomic mass is 9.94. The number of rotatable bonds is 1. The molecule has 0 atom stereocenters. The number of hydrogen-bond donors (Lipinski definition) is 1. The minimum absolute atomic E-state index is 0.368. The standard InChI is InChI=1S/C14H9NO3/c16-13-11-6-2-1-5-10(11)12(14(17)15-13)8-9-4-3-7-18-9/h1-8H,(H,15,16,17)/b12-8-. The molecule has 1 aliphatic rings. The Labute approximate surface area is 103 Å². The number of furan rings is 1. The van der Waals surface area contributed by atoms with E-state index in [2.05, 4.69) is 5.32 Å². The van der Waals surface area contributed by atoms with Gasteiger partial charge in [-0.2, -0.15) is 0 Å². The van der Waals surface area contributed by atoms with E-state index in [0.717, 1.165) is 0 Å². The van der Waals surface area contributed by atoms with Crippen molar-refractivity contribution in [2.24, 2.45) is 0 Å². The van der Waals surface area contributed by atoms with Crippen molar-refractivity contribution in [3.05, 3.63) is 59.5 Å². The molecule has 2 aromatic rings. The third-order valence-electron chi connectivity index (χ3n) is 2.76. The lowest BCUT2D eigenvalue weighted by molar-refractivity contribution is -0.114. The SMILES string of the molecule is O=C1NC(=O)c2ccccc2/C1=C/c1ccco1. The fraction of sp³-hybridized carbons (Fsp3) is 0. The van der Waals surface area contributed by atoms with Crippen LogP contribution in [0.25, 0.3) is 11.6 Å². The summed E-state index contributed by atoms with van der Waals surface area (Å²) in [4.78, 5) is 23.5. The van der Waals surface area contributed by atoms with Gasteiger partial charge in [-0.1, -0.05) is 18.2 Å². The summed E-state index contributed by atoms with van der Waals surface area (Å²) in [5.41, 5.74) is 1.55. The number of benzene rings is 1. The zero-order valence-corrected chi connectivity index (χ0v) is 9.34. The van der Waals surface area contributed by atoms with Gasteiger partial charge >= 0.3 is 0 Å². The topological polar surface area (TPSA) is 59.3 Å². The summed E-state index contributed by atoms with van der Waals surface area (Å²) >= 11 is 0. The minimum atomic E-state index is -0.407. The van der Waals surface area contributed by atoms with Crippen LogP contribution < -0.4 is 5.32 Å². The second-order valence-corrected chi connectivity index (χ2v) is 3.90. The highest BCUT2D eigenvalue weighted by Gasteiger charge is 2.26. The Morgan fingerprint density at radius 2 is 1.72 bits per heavy atom. The molecule has 2 heterocycles. The van der Waals surface area contributed by atoms with E-state index in [0.29, 0.717) is 22.5 Å². The highest BCUT2D eigenvalue weighted by atomic mass is 16.3. The van der Waals surface area contributed by atoms with Crippen molar-refractivity contribution in [2.45, 2.75) is 0 Å². The molecule has 0 fully saturated rings. The van der Waals surface area contributed by atoms with Crippen LogP contribution in [0.2, 0.25) is 0 Å². The third-order valence-corrected chi connectivity index (χ3v) is 2.76. The Morgan fingerprint density at radius 3 is 2.44 bits per heavy atom. The molecule has 1 aliphatic heterocycles. The van der Waals surface area contributed by atoms with Gasteiger partial charge in [0.15, 0.2) is 0 Å². The average Bonchev–Trinajstić information content (AvgIpc) is 2.87. The van der Waals surface area contributed by atoms with E-state index in [4.69, 9.17) is 4.42 Å². The summed E-state index contributed by atoms with van der Waals surface area (Å²) in [5, 5.41) is 2.31. The normalized spacial score (nSPS) is 16.6. The molecule has 3 rings (SSSR count). The first kappa shape index (κ1) is 10.5. The summed E-state index contributed by atoms with van der Waals surface area (Å²) < 4.78 is 5.19. The van der Waals surface area contributed by atoms with Crippen LogP contribution in [0.5, 0.6) is 0 Å². The second-order valence-electron chi connectivity index (χ2n) is 3.90. The fourth-order valence-corrected chi connectivity index (χ4v) is 1.94. The number of amides is 2. The molecular weight excluding hydrogens is 230 g/mol. The van der Waals surface area contributed by atoms with Gasteiger partial charge in [0.2, 0.25) is 0 Å². The Kier molecular flexibility index (Phi) is 2.34. The van der Waals surface area contributed by atoms with Crippen molar-refractivity contribution < 1.29 is 14.0 Å². The van der Waals surface area contributed by atoms with Crippen molar-refractivity contribution >= 4 is 23.5 Å². The zero-order valence-electron chi connectivity index (χ0n) is 9.34. The largest absolute Gasteiger partial charge is 0.465 e. The predicted octanol–water partition coefficient (Wildman–Crippen LogP) is 2.09. The Morgan fingerprint density at radius 1 is 0.944 bits per heavy atom. The van der Waals surface area contributed by atoms with Gasteiger partial charge < -0.3 is 4.42 Å². The lowest BCUT2D eigenvalue weighted by Crippen LogP contribution is -2.36. The van der Waals surface area contributed by atoms with E-state index >= 15 is 0 Å². The van der Waals surface area contributed by atoms with E-state index in [1.54, 1.807) is 42.5 Å². The molecule has 0 saturated carbocycles. The second kappa shape index (κ2) is 4.00. The summed E-state index contributed by atoms with van der Waals surface area (Å²) in [6, 6.07) is 10.5. The van der Waals surface area contributed by atoms with Gasteiger partial charge in [0, 0.05) is 11.1 Å². The smallest absolute Gasteiger partial charge is 0.258 e. The third kappa shape index (κ3) is 1.64. The molecule has 88 valence electrons. The van der Waals surface area contributed by atoms with Gasteiger partial charge in [0.05, 0.1) is 11.8 Å². The summed E-state index contributed by atoms with van der Waals surface area (Å²) in [5.74, 6) is -0.202. The summed E-state index contributed by atoms with van der Waals surface area (Å²) in [6.45, 7) is 0. The molecule has 1 aromatic carbocycles. The number of hydrogen-bond acceptors (Lipinski definition) is 3. The van der Waals surface area contributed by atoms with E-state index < -0.39 is 5.91 Å². The molecule has 0 saturated heterocycles. The van der Waals surface area contributed by atoms with Crippen LogP contribution in [0, 0.1) is 0 Å². The number of carbonyl (C=O) groups excluding carboxylic acids is 2. The number of imide groups is 1. The molecule has 0 spiro atoms. The van der Waals surface area contributed by atoms with Crippen molar-refractivity contribution in [3.8, 4) is 0 Å². The van der Waals surface area contributed by atoms with Crippen molar-refractivity contribution in [1.82, 2.24) is 5.32 Å². The first-order valence-electron chi connectivity index (χ1n) is 5.46. The monoisotopic (exact) mass is 239 g/mol. The van der Waals surface area contributed by atoms with E-state index in [-0.39, 0.29) is 5.91 Å². The van der Waals surface area contributed by atoms with Crippen LogP contribution in [-0.2, 0) is 4.79 Å². The van der Waals surface area contributed by atoms with Gasteiger partial charge in [-0.15, -0.1) is 0 Å². The predicted molar refractivity (Wildman–Crippen MR) is 65.5 cm³/mol. The highest BCUT2D eigenvalue weighted by Crippen LogP contribution is 2.25. The van der Waals surface area contributed by atoms with Crippen molar-refractivity contribution in [3.63, 3.8) is 0 Å². The summed E-state index contributed by atoms with van der Waals surface area (Å²) in [6.07, 6.45) is 3.16. The highest BCUT2D eigenvalue weighted by molar-refractivity contribution is 6.33. The van der Waals surface area contributed by atoms with E-state index in [1.807, 2.05) is 0 Å². The van der Waals surface area contributed by atoms with Crippen LogP contribution in [0.15, 0.2) is 47.1 Å². The average molecular weight is 239 g/mol. The maximum absolute atomic E-state index is 11.9. The Balaban J connectivity index is 2.18. The maximum Gasteiger partial charge on any atom is 0.258 e. The van der Waals surface area contributed by atoms with E-state index in [9.17, 15) is 9.59 Å². The maximum atomic E-state index is 11.9. The molecule has 18 heavy (non-hydrogen) atoms. The molecule has 0 bridgehead atoms. The summed E-state index contributed by atoms with van der Waals surface area (Å²) in [7, 11) is 0. The quantitative estimate of drug-likeness (QED) is 0.612. The zero-order chi connectivity index (χ0) is 12.5. The van der Waals surface area contributed by atoms with Gasteiger partial charge in [-0.3, -0.25) is 14.9 Å². The molecule has 0 aliphatic carbocycles. The van der Waals surface area contributed by atoms with Gasteiger partial charge in [0.25, 0.3) is 11.8 Å². The van der Waals surface area contributed by atoms with Crippen LogP contribution in [0.4, 0.5) is 0 Å². The van der Waals surface area contributed by atoms with E-state index in [1.165, 1.54) is 6.26 Å². The molecule has 0 unspecified atom stereocenters. The van der Waals surface area contributed by atoms with Gasteiger partial charge in [-0.25, -0.2) is 0 Å². The molecule has 1 aromatic heterocycles. The molecule has 1 N–H and O–H groups in total. The number of fused-ring (bicyclic) bond motifs is 1. The Hall–Kier alpha value is -2.62. The lowest BCUT2D eigenvalue weighted by Gasteiger charge is -2.17. The van der Waals surface area contributed by atoms with Crippen LogP contribution in [0.3, 0.4) is 0 Å². The first-order valence-corrected chi connectivity index (χ1v) is 5.46. The van der Waals surface area contributed by atoms with Crippen molar-refractivity contribution in [1.29, 1.82) is 0 Å². The first-order chi connectivity index (χ1) is 8.75. The number of carbonyl (C=O) groups is 2. The van der Waals surface area contributed by atoms with Crippen LogP contribution >= 0.6 is 0 Å². The fourth-order valence-electron chi connectivity index (χ4n) is 1.94. The van der Waals surface area contributed by atoms with Crippen molar-refractivity contribution in [2.75, 3.05) is 0 Å². The van der Waals surface area contributed by atoms with Crippen LogP contribution in [0.1, 0.15) is 21.7 Å². The molecule has 0 radical (unpaired) electrons. The number of nitrogens with one attached hydrogen (secondary N) is 1. The minimum Gasteiger partial charge on any atom is -0.465 e. The van der Waals surface area contributed by atoms with Gasteiger partial charge in [-0.05, 0) is 24.3 Å². The Bertz CT molecular complexity index is 653. The molecular formula is C14H9NO3. The molecule has 4 nitrogen and oxygen atoms in total. The van der Waals surface area contributed by atoms with Crippen LogP contribution in [-0.4, -0.2) is 11.8 Å². The molecule has 2 amide bonds.